The average molecular weight is 352 g/mol. The number of para-hydroxylation sites is 2. The Kier molecular flexibility index (Phi) is 5.63. The highest BCUT2D eigenvalue weighted by atomic mass is 19.1. The first-order chi connectivity index (χ1) is 12.7. The van der Waals surface area contributed by atoms with Crippen molar-refractivity contribution in [3.8, 4) is 5.75 Å². The molecule has 0 amide bonds. The zero-order chi connectivity index (χ0) is 18.4. The van der Waals surface area contributed by atoms with E-state index in [2.05, 4.69) is 20.6 Å². The van der Waals surface area contributed by atoms with E-state index in [1.807, 2.05) is 50.2 Å². The Morgan fingerprint density at radius 2 is 1.81 bits per heavy atom. The molecule has 5 nitrogen and oxygen atoms in total. The van der Waals surface area contributed by atoms with Gasteiger partial charge in [-0.15, -0.1) is 0 Å². The molecule has 3 aromatic rings. The number of hydrogen-bond acceptors (Lipinski definition) is 5. The molecule has 0 unspecified atom stereocenters. The Balaban J connectivity index is 1.77. The molecule has 0 radical (unpaired) electrons. The molecule has 0 spiro atoms. The molecule has 6 heteroatoms. The first kappa shape index (κ1) is 17.7. The SMILES string of the molecule is CCOc1ccccc1Nc1nc(C)cc(NCc2ccccc2F)n1. The molecule has 0 saturated carbocycles. The van der Waals surface area contributed by atoms with Gasteiger partial charge >= 0.3 is 0 Å². The van der Waals surface area contributed by atoms with E-state index < -0.39 is 0 Å². The topological polar surface area (TPSA) is 59.1 Å². The van der Waals surface area contributed by atoms with Crippen LogP contribution >= 0.6 is 0 Å². The van der Waals surface area contributed by atoms with E-state index >= 15 is 0 Å². The van der Waals surface area contributed by atoms with Gasteiger partial charge in [-0.25, -0.2) is 9.37 Å². The fraction of sp³-hybridized carbons (Fsp3) is 0.200. The minimum absolute atomic E-state index is 0.241. The van der Waals surface area contributed by atoms with Gasteiger partial charge in [-0.2, -0.15) is 4.98 Å². The number of ether oxygens (including phenoxy) is 1. The normalized spacial score (nSPS) is 10.4. The Morgan fingerprint density at radius 3 is 2.62 bits per heavy atom. The predicted octanol–water partition coefficient (Wildman–Crippen LogP) is 4.68. The maximum absolute atomic E-state index is 13.8. The summed E-state index contributed by atoms with van der Waals surface area (Å²) in [7, 11) is 0. The van der Waals surface area contributed by atoms with Gasteiger partial charge < -0.3 is 15.4 Å². The monoisotopic (exact) mass is 352 g/mol. The van der Waals surface area contributed by atoms with Gasteiger partial charge in [0.05, 0.1) is 12.3 Å². The zero-order valence-electron chi connectivity index (χ0n) is 14.8. The van der Waals surface area contributed by atoms with E-state index in [1.54, 1.807) is 12.1 Å². The van der Waals surface area contributed by atoms with Crippen molar-refractivity contribution in [2.75, 3.05) is 17.2 Å². The lowest BCUT2D eigenvalue weighted by Crippen LogP contribution is -2.07. The van der Waals surface area contributed by atoms with E-state index in [0.717, 1.165) is 17.1 Å². The fourth-order valence-corrected chi connectivity index (χ4v) is 2.51. The van der Waals surface area contributed by atoms with Gasteiger partial charge in [0.25, 0.3) is 0 Å². The summed E-state index contributed by atoms with van der Waals surface area (Å²) in [5.41, 5.74) is 2.17. The summed E-state index contributed by atoms with van der Waals surface area (Å²) in [6.45, 7) is 4.74. The molecular formula is C20H21FN4O. The van der Waals surface area contributed by atoms with Crippen LogP contribution < -0.4 is 15.4 Å². The second kappa shape index (κ2) is 8.29. The third kappa shape index (κ3) is 4.47. The standard InChI is InChI=1S/C20H21FN4O/c1-3-26-18-11-7-6-10-17(18)24-20-23-14(2)12-19(25-20)22-13-15-8-4-5-9-16(15)21/h4-12H,3,13H2,1-2H3,(H2,22,23,24,25). The molecule has 0 fully saturated rings. The van der Waals surface area contributed by atoms with E-state index in [0.29, 0.717) is 30.5 Å². The van der Waals surface area contributed by atoms with Gasteiger partial charge in [0.1, 0.15) is 17.4 Å². The molecule has 0 saturated heterocycles. The first-order valence-corrected chi connectivity index (χ1v) is 8.47. The van der Waals surface area contributed by atoms with Gasteiger partial charge in [-0.1, -0.05) is 30.3 Å². The van der Waals surface area contributed by atoms with E-state index in [9.17, 15) is 4.39 Å². The van der Waals surface area contributed by atoms with Crippen molar-refractivity contribution < 1.29 is 9.13 Å². The van der Waals surface area contributed by atoms with Crippen LogP contribution in [0, 0.1) is 12.7 Å². The molecule has 1 heterocycles. The average Bonchev–Trinajstić information content (AvgIpc) is 2.62. The highest BCUT2D eigenvalue weighted by Gasteiger charge is 2.08. The van der Waals surface area contributed by atoms with E-state index in [1.165, 1.54) is 6.07 Å². The molecule has 0 atom stereocenters. The summed E-state index contributed by atoms with van der Waals surface area (Å²) in [6, 6.07) is 16.1. The van der Waals surface area contributed by atoms with Crippen LogP contribution in [-0.2, 0) is 6.54 Å². The number of nitrogens with one attached hydrogen (secondary N) is 2. The van der Waals surface area contributed by atoms with Crippen LogP contribution in [0.5, 0.6) is 5.75 Å². The maximum Gasteiger partial charge on any atom is 0.229 e. The van der Waals surface area contributed by atoms with E-state index in [-0.39, 0.29) is 5.82 Å². The Labute approximate surface area is 152 Å². The van der Waals surface area contributed by atoms with Crippen molar-refractivity contribution in [1.82, 2.24) is 9.97 Å². The van der Waals surface area contributed by atoms with Gasteiger partial charge in [-0.05, 0) is 32.0 Å². The Hall–Kier alpha value is -3.15. The second-order valence-corrected chi connectivity index (χ2v) is 5.72. The van der Waals surface area contributed by atoms with Crippen LogP contribution in [0.15, 0.2) is 54.6 Å². The number of aryl methyl sites for hydroxylation is 1. The quantitative estimate of drug-likeness (QED) is 0.647. The number of hydrogen-bond donors (Lipinski definition) is 2. The third-order valence-corrected chi connectivity index (χ3v) is 3.71. The molecule has 0 aliphatic heterocycles. The van der Waals surface area contributed by atoms with Gasteiger partial charge in [0.2, 0.25) is 5.95 Å². The van der Waals surface area contributed by atoms with Crippen LogP contribution in [0.2, 0.25) is 0 Å². The van der Waals surface area contributed by atoms with Crippen LogP contribution in [0.4, 0.5) is 21.8 Å². The van der Waals surface area contributed by atoms with Crippen LogP contribution in [0.3, 0.4) is 0 Å². The number of aromatic nitrogens is 2. The van der Waals surface area contributed by atoms with Crippen molar-refractivity contribution in [2.24, 2.45) is 0 Å². The lowest BCUT2D eigenvalue weighted by atomic mass is 10.2. The smallest absolute Gasteiger partial charge is 0.229 e. The number of nitrogens with zero attached hydrogens (tertiary/aromatic N) is 2. The van der Waals surface area contributed by atoms with Gasteiger partial charge in [0, 0.05) is 23.9 Å². The van der Waals surface area contributed by atoms with Crippen molar-refractivity contribution in [3.63, 3.8) is 0 Å². The lowest BCUT2D eigenvalue weighted by molar-refractivity contribution is 0.342. The minimum atomic E-state index is -0.241. The summed E-state index contributed by atoms with van der Waals surface area (Å²) in [5, 5.41) is 6.33. The zero-order valence-corrected chi connectivity index (χ0v) is 14.8. The first-order valence-electron chi connectivity index (χ1n) is 8.47. The third-order valence-electron chi connectivity index (χ3n) is 3.71. The Bertz CT molecular complexity index is 885. The summed E-state index contributed by atoms with van der Waals surface area (Å²) >= 11 is 0. The molecule has 0 bridgehead atoms. The molecule has 0 aliphatic carbocycles. The Morgan fingerprint density at radius 1 is 1.04 bits per heavy atom. The van der Waals surface area contributed by atoms with Gasteiger partial charge in [-0.3, -0.25) is 0 Å². The molecule has 0 aliphatic rings. The van der Waals surface area contributed by atoms with Crippen LogP contribution in [-0.4, -0.2) is 16.6 Å². The molecule has 134 valence electrons. The fourth-order valence-electron chi connectivity index (χ4n) is 2.51. The van der Waals surface area contributed by atoms with Crippen molar-refractivity contribution in [1.29, 1.82) is 0 Å². The predicted molar refractivity (Wildman–Crippen MR) is 101 cm³/mol. The summed E-state index contributed by atoms with van der Waals surface area (Å²) < 4.78 is 19.4. The largest absolute Gasteiger partial charge is 0.492 e. The summed E-state index contributed by atoms with van der Waals surface area (Å²) in [5.74, 6) is 1.57. The number of halogens is 1. The molecule has 3 rings (SSSR count). The number of rotatable bonds is 7. The molecule has 1 aromatic heterocycles. The van der Waals surface area contributed by atoms with Crippen molar-refractivity contribution in [3.05, 3.63) is 71.7 Å². The highest BCUT2D eigenvalue weighted by Crippen LogP contribution is 2.26. The van der Waals surface area contributed by atoms with Crippen LogP contribution in [0.1, 0.15) is 18.2 Å². The lowest BCUT2D eigenvalue weighted by Gasteiger charge is -2.13. The summed E-state index contributed by atoms with van der Waals surface area (Å²) in [6.07, 6.45) is 0. The number of benzene rings is 2. The van der Waals surface area contributed by atoms with Crippen molar-refractivity contribution in [2.45, 2.75) is 20.4 Å². The summed E-state index contributed by atoms with van der Waals surface area (Å²) in [4.78, 5) is 8.87. The maximum atomic E-state index is 13.8. The molecule has 2 N–H and O–H groups in total. The second-order valence-electron chi connectivity index (χ2n) is 5.72. The molecule has 26 heavy (non-hydrogen) atoms. The van der Waals surface area contributed by atoms with Crippen molar-refractivity contribution >= 4 is 17.5 Å². The molecule has 2 aromatic carbocycles. The number of anilines is 3. The van der Waals surface area contributed by atoms with E-state index in [4.69, 9.17) is 4.74 Å². The minimum Gasteiger partial charge on any atom is -0.492 e. The van der Waals surface area contributed by atoms with Gasteiger partial charge in [0.15, 0.2) is 0 Å². The van der Waals surface area contributed by atoms with Crippen LogP contribution in [0.25, 0.3) is 0 Å². The highest BCUT2D eigenvalue weighted by molar-refractivity contribution is 5.63. The molecular weight excluding hydrogens is 331 g/mol.